The van der Waals surface area contributed by atoms with Gasteiger partial charge in [0.2, 0.25) is 0 Å². The van der Waals surface area contributed by atoms with Crippen molar-refractivity contribution in [2.75, 3.05) is 31.6 Å². The van der Waals surface area contributed by atoms with Crippen LogP contribution >= 0.6 is 0 Å². The van der Waals surface area contributed by atoms with Crippen LogP contribution in [0.4, 0.5) is 15.8 Å². The highest BCUT2D eigenvalue weighted by molar-refractivity contribution is 5.93. The number of hydrogen-bond acceptors (Lipinski definition) is 6. The number of likely N-dealkylation sites (N-methyl/N-ethyl adjacent to an activating group) is 1. The summed E-state index contributed by atoms with van der Waals surface area (Å²) >= 11 is 0. The van der Waals surface area contributed by atoms with Gasteiger partial charge in [-0.2, -0.15) is 0 Å². The Morgan fingerprint density at radius 2 is 1.93 bits per heavy atom. The van der Waals surface area contributed by atoms with Crippen LogP contribution in [0.3, 0.4) is 0 Å². The first kappa shape index (κ1) is 21.2. The summed E-state index contributed by atoms with van der Waals surface area (Å²) in [7, 11) is 1.51. The molecule has 0 atom stereocenters. The second-order valence-electron chi connectivity index (χ2n) is 7.11. The summed E-state index contributed by atoms with van der Waals surface area (Å²) in [5.41, 5.74) is 0.913. The Kier molecular flexibility index (Phi) is 6.61. The van der Waals surface area contributed by atoms with Gasteiger partial charge in [0, 0.05) is 32.7 Å². The topological polar surface area (TPSA) is 93.0 Å². The summed E-state index contributed by atoms with van der Waals surface area (Å²) in [6.45, 7) is 1.10. The predicted molar refractivity (Wildman–Crippen MR) is 108 cm³/mol. The minimum Gasteiger partial charge on any atom is -0.452 e. The van der Waals surface area contributed by atoms with Gasteiger partial charge in [-0.1, -0.05) is 12.1 Å². The molecule has 1 aliphatic heterocycles. The Morgan fingerprint density at radius 1 is 1.20 bits per heavy atom. The Bertz CT molecular complexity index is 959. The van der Waals surface area contributed by atoms with E-state index in [1.165, 1.54) is 42.3 Å². The van der Waals surface area contributed by atoms with Crippen molar-refractivity contribution >= 4 is 23.3 Å². The van der Waals surface area contributed by atoms with Gasteiger partial charge in [-0.05, 0) is 42.7 Å². The molecule has 3 rings (SSSR count). The monoisotopic (exact) mass is 415 g/mol. The van der Waals surface area contributed by atoms with E-state index in [-0.39, 0.29) is 17.8 Å². The van der Waals surface area contributed by atoms with Crippen LogP contribution in [-0.2, 0) is 16.1 Å². The van der Waals surface area contributed by atoms with Gasteiger partial charge >= 0.3 is 5.97 Å². The van der Waals surface area contributed by atoms with Gasteiger partial charge in [0.1, 0.15) is 11.5 Å². The van der Waals surface area contributed by atoms with Crippen LogP contribution in [-0.4, -0.2) is 48.4 Å². The highest BCUT2D eigenvalue weighted by Gasteiger charge is 2.24. The molecular formula is C21H22FN3O5. The van der Waals surface area contributed by atoms with Gasteiger partial charge < -0.3 is 14.5 Å². The number of benzene rings is 2. The number of ether oxygens (including phenoxy) is 1. The van der Waals surface area contributed by atoms with Crippen molar-refractivity contribution < 1.29 is 23.6 Å². The predicted octanol–water partition coefficient (Wildman–Crippen LogP) is 3.15. The van der Waals surface area contributed by atoms with Gasteiger partial charge in [-0.3, -0.25) is 14.9 Å². The third-order valence-corrected chi connectivity index (χ3v) is 4.92. The average molecular weight is 415 g/mol. The van der Waals surface area contributed by atoms with Crippen LogP contribution in [0.25, 0.3) is 0 Å². The molecule has 1 heterocycles. The zero-order valence-corrected chi connectivity index (χ0v) is 16.5. The molecule has 9 heteroatoms. The van der Waals surface area contributed by atoms with Gasteiger partial charge in [-0.25, -0.2) is 9.18 Å². The smallest absolute Gasteiger partial charge is 0.338 e. The van der Waals surface area contributed by atoms with Crippen molar-refractivity contribution in [3.63, 3.8) is 0 Å². The summed E-state index contributed by atoms with van der Waals surface area (Å²) in [6.07, 6.45) is 1.93. The van der Waals surface area contributed by atoms with Gasteiger partial charge in [0.05, 0.1) is 10.5 Å². The van der Waals surface area contributed by atoms with Crippen molar-refractivity contribution in [1.82, 2.24) is 4.90 Å². The van der Waals surface area contributed by atoms with Gasteiger partial charge in [0.15, 0.2) is 6.61 Å². The van der Waals surface area contributed by atoms with Crippen LogP contribution in [0.1, 0.15) is 28.8 Å². The largest absolute Gasteiger partial charge is 0.452 e. The highest BCUT2D eigenvalue weighted by Crippen LogP contribution is 2.31. The Morgan fingerprint density at radius 3 is 2.60 bits per heavy atom. The summed E-state index contributed by atoms with van der Waals surface area (Å²) in [5, 5.41) is 11.4. The lowest BCUT2D eigenvalue weighted by Crippen LogP contribution is -2.30. The number of anilines is 1. The molecule has 0 N–H and O–H groups in total. The summed E-state index contributed by atoms with van der Waals surface area (Å²) in [5.74, 6) is -1.70. The molecule has 1 aliphatic rings. The number of esters is 1. The molecule has 1 amide bonds. The van der Waals surface area contributed by atoms with Crippen molar-refractivity contribution in [2.45, 2.75) is 19.4 Å². The maximum absolute atomic E-state index is 13.3. The third kappa shape index (κ3) is 5.11. The second-order valence-corrected chi connectivity index (χ2v) is 7.11. The zero-order valence-electron chi connectivity index (χ0n) is 16.5. The Balaban J connectivity index is 1.61. The Hall–Kier alpha value is -3.49. The number of amides is 1. The van der Waals surface area contributed by atoms with Crippen molar-refractivity contribution in [3.8, 4) is 0 Å². The van der Waals surface area contributed by atoms with E-state index in [1.807, 2.05) is 4.90 Å². The molecule has 0 spiro atoms. The van der Waals surface area contributed by atoms with Crippen molar-refractivity contribution in [1.29, 1.82) is 0 Å². The number of carbonyl (C=O) groups excluding carboxylic acids is 2. The first-order valence-electron chi connectivity index (χ1n) is 9.54. The number of halogens is 1. The molecule has 0 saturated carbocycles. The summed E-state index contributed by atoms with van der Waals surface area (Å²) in [4.78, 5) is 38.7. The molecule has 1 fully saturated rings. The Labute approximate surface area is 173 Å². The summed E-state index contributed by atoms with van der Waals surface area (Å²) in [6, 6.07) is 10.0. The summed E-state index contributed by atoms with van der Waals surface area (Å²) < 4.78 is 18.3. The molecule has 0 aliphatic carbocycles. The molecular weight excluding hydrogens is 393 g/mol. The fourth-order valence-electron chi connectivity index (χ4n) is 3.34. The quantitative estimate of drug-likeness (QED) is 0.392. The lowest BCUT2D eigenvalue weighted by atomic mass is 10.1. The zero-order chi connectivity index (χ0) is 21.7. The molecule has 1 saturated heterocycles. The molecule has 0 aromatic heterocycles. The lowest BCUT2D eigenvalue weighted by Gasteiger charge is -2.18. The first-order valence-corrected chi connectivity index (χ1v) is 9.54. The van der Waals surface area contributed by atoms with Crippen LogP contribution in [0.5, 0.6) is 0 Å². The standard InChI is InChI=1S/C21H22FN3O5/c1-23(13-15-5-4-6-17(22)11-15)20(26)14-30-21(27)16-7-8-18(19(12-16)25(28)29)24-9-2-3-10-24/h4-8,11-12H,2-3,9-10,13-14H2,1H3. The number of nitrogens with zero attached hydrogens (tertiary/aromatic N) is 3. The van der Waals surface area contributed by atoms with Crippen LogP contribution < -0.4 is 4.90 Å². The van der Waals surface area contributed by atoms with Crippen LogP contribution in [0.2, 0.25) is 0 Å². The van der Waals surface area contributed by atoms with E-state index >= 15 is 0 Å². The van der Waals surface area contributed by atoms with Gasteiger partial charge in [0.25, 0.3) is 11.6 Å². The minimum atomic E-state index is -0.821. The molecule has 2 aromatic carbocycles. The fraction of sp³-hybridized carbons (Fsp3) is 0.333. The van der Waals surface area contributed by atoms with E-state index in [4.69, 9.17) is 4.74 Å². The number of rotatable bonds is 7. The van der Waals surface area contributed by atoms with E-state index < -0.39 is 29.2 Å². The maximum atomic E-state index is 13.3. The molecule has 30 heavy (non-hydrogen) atoms. The average Bonchev–Trinajstić information content (AvgIpc) is 3.26. The first-order chi connectivity index (χ1) is 14.3. The van der Waals surface area contributed by atoms with Crippen LogP contribution in [0.15, 0.2) is 42.5 Å². The number of hydrogen-bond donors (Lipinski definition) is 0. The molecule has 158 valence electrons. The van der Waals surface area contributed by atoms with E-state index in [1.54, 1.807) is 12.1 Å². The van der Waals surface area contributed by atoms with E-state index in [2.05, 4.69) is 0 Å². The fourth-order valence-corrected chi connectivity index (χ4v) is 3.34. The molecule has 8 nitrogen and oxygen atoms in total. The van der Waals surface area contributed by atoms with Crippen molar-refractivity contribution in [3.05, 3.63) is 69.5 Å². The SMILES string of the molecule is CN(Cc1cccc(F)c1)C(=O)COC(=O)c1ccc(N2CCCC2)c([N+](=O)[O-])c1. The number of nitro benzene ring substituents is 1. The third-order valence-electron chi connectivity index (χ3n) is 4.92. The van der Waals surface area contributed by atoms with Crippen molar-refractivity contribution in [2.24, 2.45) is 0 Å². The minimum absolute atomic E-state index is 0.00484. The van der Waals surface area contributed by atoms with E-state index in [9.17, 15) is 24.1 Å². The van der Waals surface area contributed by atoms with E-state index in [0.29, 0.717) is 11.3 Å². The second kappa shape index (κ2) is 9.34. The molecule has 0 bridgehead atoms. The number of nitro groups is 1. The lowest BCUT2D eigenvalue weighted by molar-refractivity contribution is -0.384. The highest BCUT2D eigenvalue weighted by atomic mass is 19.1. The molecule has 0 unspecified atom stereocenters. The number of carbonyl (C=O) groups is 2. The van der Waals surface area contributed by atoms with E-state index in [0.717, 1.165) is 25.9 Å². The normalized spacial score (nSPS) is 13.2. The van der Waals surface area contributed by atoms with Gasteiger partial charge in [-0.15, -0.1) is 0 Å². The molecule has 2 aromatic rings. The van der Waals surface area contributed by atoms with Crippen LogP contribution in [0, 0.1) is 15.9 Å². The molecule has 0 radical (unpaired) electrons. The maximum Gasteiger partial charge on any atom is 0.338 e.